The maximum absolute atomic E-state index is 15.8. The molecule has 3 saturated heterocycles. The van der Waals surface area contributed by atoms with Crippen LogP contribution in [0.3, 0.4) is 0 Å². The highest BCUT2D eigenvalue weighted by molar-refractivity contribution is 7.47. The summed E-state index contributed by atoms with van der Waals surface area (Å²) in [5.74, 6) is -0.601. The number of rotatable bonds is 2. The van der Waals surface area contributed by atoms with E-state index in [1.807, 2.05) is 0 Å². The van der Waals surface area contributed by atoms with Gasteiger partial charge < -0.3 is 25.0 Å². The molecule has 23 heteroatoms. The summed E-state index contributed by atoms with van der Waals surface area (Å²) in [6.07, 6.45) is -7.29. The molecule has 0 aliphatic carbocycles. The maximum atomic E-state index is 15.8. The molecule has 3 aromatic rings. The first-order valence-corrected chi connectivity index (χ1v) is 16.0. The number of carbonyl (C=O) groups excluding carboxylic acids is 1. The molecule has 0 amide bonds. The van der Waals surface area contributed by atoms with Gasteiger partial charge in [0.2, 0.25) is 5.95 Å². The average Bonchev–Trinajstić information content (AvgIpc) is 3.72. The predicted octanol–water partition coefficient (Wildman–Crippen LogP) is 0.428. The topological polar surface area (TPSA) is 267 Å². The van der Waals surface area contributed by atoms with Crippen LogP contribution in [-0.2, 0) is 36.7 Å². The number of nitrogens with zero attached hydrogens (tertiary/aromatic N) is 6. The summed E-state index contributed by atoms with van der Waals surface area (Å²) in [6, 6.07) is 0. The third kappa shape index (κ3) is 5.24. The van der Waals surface area contributed by atoms with E-state index in [9.17, 15) is 28.5 Å². The smallest absolute Gasteiger partial charge is 0.369 e. The molecule has 0 aromatic carbocycles. The van der Waals surface area contributed by atoms with Crippen LogP contribution in [0, 0.1) is 0 Å². The van der Waals surface area contributed by atoms with Gasteiger partial charge in [0.05, 0.1) is 32.0 Å². The Morgan fingerprint density at radius 3 is 2.57 bits per heavy atom. The highest BCUT2D eigenvalue weighted by atomic mass is 31.2. The third-order valence-corrected chi connectivity index (χ3v) is 9.28. The normalized spacial score (nSPS) is 37.7. The van der Waals surface area contributed by atoms with E-state index in [2.05, 4.69) is 24.9 Å². The Kier molecular flexibility index (Phi) is 7.16. The first-order valence-electron chi connectivity index (χ1n) is 13.0. The van der Waals surface area contributed by atoms with Gasteiger partial charge in [0, 0.05) is 19.1 Å². The number of ether oxygens (including phenoxy) is 2. The standard InChI is InChI=1S/C21H23FN8O12P2/c22-12-15-11(40-20(12)29-6-25-13-9(31)1-2-24-16(13)29)5-38-43(33,34)41-10-3-8(4-37-44(35,36)42-15)39-19(10)30-7-26-14-17(30)27-21(23)28-18(14)32/h2,6-8,10-12,15,19-20H,1,3-5H2,(H,33,34)(H,35,36)(H3,23,27,28,32)/t8-,10+,11+,12-,15+,19+,20+/m0/s1. The van der Waals surface area contributed by atoms with Gasteiger partial charge in [-0.1, -0.05) is 0 Å². The van der Waals surface area contributed by atoms with Gasteiger partial charge in [-0.3, -0.25) is 41.8 Å². The molecule has 2 bridgehead atoms. The minimum absolute atomic E-state index is 0.0000917. The number of phosphoric ester groups is 2. The summed E-state index contributed by atoms with van der Waals surface area (Å²) in [5.41, 5.74) is 4.85. The van der Waals surface area contributed by atoms with Crippen molar-refractivity contribution in [3.63, 3.8) is 0 Å². The highest BCUT2D eigenvalue weighted by Gasteiger charge is 2.53. The van der Waals surface area contributed by atoms with Crippen molar-refractivity contribution in [3.05, 3.63) is 28.7 Å². The van der Waals surface area contributed by atoms with Crippen molar-refractivity contribution in [3.8, 4) is 0 Å². The number of nitrogens with one attached hydrogen (secondary N) is 1. The molecule has 0 spiro atoms. The second-order valence-corrected chi connectivity index (χ2v) is 13.0. The number of imidazole rings is 2. The quantitative estimate of drug-likeness (QED) is 0.271. The number of hydrogen-bond donors (Lipinski definition) is 4. The number of ketones is 1. The van der Waals surface area contributed by atoms with E-state index in [-0.39, 0.29) is 47.2 Å². The first kappa shape index (κ1) is 29.5. The van der Waals surface area contributed by atoms with E-state index >= 15 is 4.39 Å². The molecule has 2 unspecified atom stereocenters. The number of aliphatic imine (C=N–C) groups is 1. The molecule has 236 valence electrons. The number of anilines is 1. The van der Waals surface area contributed by atoms with Crippen LogP contribution in [-0.4, -0.2) is 94.7 Å². The number of fused-ring (bicyclic) bond motifs is 5. The van der Waals surface area contributed by atoms with Crippen LogP contribution in [0.4, 0.5) is 16.2 Å². The van der Waals surface area contributed by atoms with Crippen LogP contribution in [0.25, 0.3) is 11.2 Å². The first-order chi connectivity index (χ1) is 20.9. The van der Waals surface area contributed by atoms with Gasteiger partial charge in [-0.05, 0) is 0 Å². The third-order valence-electron chi connectivity index (χ3n) is 7.28. The number of aromatic amines is 1. The Morgan fingerprint density at radius 1 is 1.00 bits per heavy atom. The lowest BCUT2D eigenvalue weighted by molar-refractivity contribution is -0.0670. The molecule has 20 nitrogen and oxygen atoms in total. The summed E-state index contributed by atoms with van der Waals surface area (Å²) < 4.78 is 76.7. The predicted molar refractivity (Wildman–Crippen MR) is 141 cm³/mol. The van der Waals surface area contributed by atoms with Gasteiger partial charge in [-0.2, -0.15) is 4.98 Å². The van der Waals surface area contributed by atoms with Crippen LogP contribution >= 0.6 is 15.6 Å². The summed E-state index contributed by atoms with van der Waals surface area (Å²) in [6.45, 7) is -1.45. The number of halogens is 1. The number of nitrogen functional groups attached to an aromatic ring is 1. The number of hydrogen-bond acceptors (Lipinski definition) is 15. The fourth-order valence-electron chi connectivity index (χ4n) is 5.38. The second-order valence-electron chi connectivity index (χ2n) is 10.2. The Hall–Kier alpha value is -3.23. The number of aromatic nitrogens is 6. The molecule has 0 radical (unpaired) electrons. The number of phosphoric acid groups is 2. The largest absolute Gasteiger partial charge is 0.472 e. The van der Waals surface area contributed by atoms with E-state index in [0.29, 0.717) is 0 Å². The lowest BCUT2D eigenvalue weighted by Gasteiger charge is -2.25. The second kappa shape index (κ2) is 10.7. The van der Waals surface area contributed by atoms with E-state index in [0.717, 1.165) is 10.9 Å². The molecular weight excluding hydrogens is 637 g/mol. The van der Waals surface area contributed by atoms with Crippen LogP contribution in [0.15, 0.2) is 22.4 Å². The number of Topliss-reactive ketones (excluding diaryl/α,β-unsaturated/α-hetero) is 1. The highest BCUT2D eigenvalue weighted by Crippen LogP contribution is 2.54. The molecular formula is C21H23FN8O12P2. The molecule has 4 aliphatic heterocycles. The van der Waals surface area contributed by atoms with Crippen molar-refractivity contribution in [1.82, 2.24) is 29.1 Å². The fraction of sp³-hybridized carbons (Fsp3) is 0.524. The molecule has 0 saturated carbocycles. The number of alkyl halides is 1. The lowest BCUT2D eigenvalue weighted by Crippen LogP contribution is -2.34. The number of nitrogens with two attached hydrogens (primary N) is 1. The monoisotopic (exact) mass is 660 g/mol. The van der Waals surface area contributed by atoms with Crippen molar-refractivity contribution in [1.29, 1.82) is 0 Å². The molecule has 7 heterocycles. The zero-order valence-corrected chi connectivity index (χ0v) is 23.9. The fourth-order valence-corrected chi connectivity index (χ4v) is 7.28. The van der Waals surface area contributed by atoms with Crippen LogP contribution in [0.1, 0.15) is 35.8 Å². The molecule has 44 heavy (non-hydrogen) atoms. The van der Waals surface area contributed by atoms with E-state index in [1.165, 1.54) is 17.1 Å². The van der Waals surface area contributed by atoms with Gasteiger partial charge in [0.15, 0.2) is 47.1 Å². The molecule has 7 rings (SSSR count). The zero-order chi connectivity index (χ0) is 31.0. The van der Waals surface area contributed by atoms with Gasteiger partial charge in [0.1, 0.15) is 18.3 Å². The van der Waals surface area contributed by atoms with Gasteiger partial charge >= 0.3 is 15.6 Å². The molecule has 4 aliphatic rings. The Bertz CT molecular complexity index is 1830. The van der Waals surface area contributed by atoms with Crippen LogP contribution < -0.4 is 11.3 Å². The average molecular weight is 660 g/mol. The Morgan fingerprint density at radius 2 is 1.75 bits per heavy atom. The number of carbonyl (C=O) groups is 1. The Balaban J connectivity index is 1.18. The summed E-state index contributed by atoms with van der Waals surface area (Å²) >= 11 is 0. The summed E-state index contributed by atoms with van der Waals surface area (Å²) in [5, 5.41) is 0. The summed E-state index contributed by atoms with van der Waals surface area (Å²) in [7, 11) is -9.99. The van der Waals surface area contributed by atoms with Crippen molar-refractivity contribution in [2.75, 3.05) is 18.9 Å². The van der Waals surface area contributed by atoms with Gasteiger partial charge in [-0.15, -0.1) is 0 Å². The number of H-pyrrole nitrogens is 1. The molecule has 3 fully saturated rings. The maximum Gasteiger partial charge on any atom is 0.472 e. The van der Waals surface area contributed by atoms with Crippen LogP contribution in [0.2, 0.25) is 0 Å². The van der Waals surface area contributed by atoms with Crippen molar-refractivity contribution < 1.29 is 55.7 Å². The van der Waals surface area contributed by atoms with E-state index in [4.69, 9.17) is 33.3 Å². The van der Waals surface area contributed by atoms with Gasteiger partial charge in [0.25, 0.3) is 5.56 Å². The lowest BCUT2D eigenvalue weighted by atomic mass is 10.1. The minimum Gasteiger partial charge on any atom is -0.369 e. The molecule has 9 atom stereocenters. The SMILES string of the molecule is Nc1nc2c(ncn2[C@@H]2O[C@@H]3COP(=O)(O)O[C@H]4[C@H](F)[C@H](n5cnc6c5N=CCC6=O)O[C@@H]4COP(=O)(O)O[C@@H]2C3)c(=O)[nH]1. The van der Waals surface area contributed by atoms with Crippen molar-refractivity contribution in [2.24, 2.45) is 4.99 Å². The summed E-state index contributed by atoms with van der Waals surface area (Å²) in [4.78, 5) is 63.9. The van der Waals surface area contributed by atoms with Crippen LogP contribution in [0.5, 0.6) is 0 Å². The van der Waals surface area contributed by atoms with E-state index < -0.39 is 77.5 Å². The van der Waals surface area contributed by atoms with Crippen molar-refractivity contribution in [2.45, 2.75) is 55.9 Å². The minimum atomic E-state index is -5.02. The zero-order valence-electron chi connectivity index (χ0n) is 22.1. The molecule has 5 N–H and O–H groups in total. The van der Waals surface area contributed by atoms with E-state index in [1.54, 1.807) is 0 Å². The van der Waals surface area contributed by atoms with Gasteiger partial charge in [-0.25, -0.2) is 28.5 Å². The molecule has 3 aromatic heterocycles. The Labute approximate surface area is 244 Å². The van der Waals surface area contributed by atoms with Crippen molar-refractivity contribution >= 4 is 50.6 Å².